The molecule has 0 bridgehead atoms. The van der Waals surface area contributed by atoms with E-state index in [0.29, 0.717) is 10.4 Å². The number of primary amides is 1. The largest absolute Gasteiger partial charge is 0.465 e. The summed E-state index contributed by atoms with van der Waals surface area (Å²) in [6.07, 6.45) is 1.82. The van der Waals surface area contributed by atoms with Gasteiger partial charge in [0.15, 0.2) is 0 Å². The highest BCUT2D eigenvalue weighted by Crippen LogP contribution is 2.30. The second-order valence-corrected chi connectivity index (χ2v) is 4.50. The molecule has 0 aromatic carbocycles. The van der Waals surface area contributed by atoms with E-state index in [1.54, 1.807) is 0 Å². The summed E-state index contributed by atoms with van der Waals surface area (Å²) >= 11 is 2.59. The van der Waals surface area contributed by atoms with E-state index < -0.39 is 11.9 Å². The number of amides is 1. The Morgan fingerprint density at radius 3 is 2.57 bits per heavy atom. The van der Waals surface area contributed by atoms with E-state index in [4.69, 9.17) is 5.73 Å². The number of rotatable bonds is 3. The molecule has 0 aliphatic carbocycles. The van der Waals surface area contributed by atoms with E-state index in [0.717, 1.165) is 4.21 Å². The zero-order valence-corrected chi connectivity index (χ0v) is 9.33. The van der Waals surface area contributed by atoms with Crippen molar-refractivity contribution in [1.82, 2.24) is 0 Å². The van der Waals surface area contributed by atoms with Crippen LogP contribution in [0.4, 0.5) is 0 Å². The summed E-state index contributed by atoms with van der Waals surface area (Å²) in [5.74, 6) is -0.974. The number of methoxy groups -OCH3 is 1. The number of hydrogen-bond donors (Lipinski definition) is 1. The zero-order valence-electron chi connectivity index (χ0n) is 7.70. The van der Waals surface area contributed by atoms with Crippen LogP contribution in [0.25, 0.3) is 0 Å². The van der Waals surface area contributed by atoms with Gasteiger partial charge in [0.2, 0.25) is 0 Å². The van der Waals surface area contributed by atoms with Gasteiger partial charge < -0.3 is 10.5 Å². The van der Waals surface area contributed by atoms with Crippen molar-refractivity contribution in [2.45, 2.75) is 4.21 Å². The Labute approximate surface area is 89.4 Å². The Kier molecular flexibility index (Phi) is 3.54. The van der Waals surface area contributed by atoms with Crippen LogP contribution in [0, 0.1) is 0 Å². The van der Waals surface area contributed by atoms with Crippen LogP contribution in [0.2, 0.25) is 0 Å². The third kappa shape index (κ3) is 2.08. The van der Waals surface area contributed by atoms with Crippen LogP contribution in [0.3, 0.4) is 0 Å². The molecule has 0 unspecified atom stereocenters. The van der Waals surface area contributed by atoms with Crippen LogP contribution in [0.1, 0.15) is 20.0 Å². The summed E-state index contributed by atoms with van der Waals surface area (Å²) in [7, 11) is 1.30. The predicted octanol–water partition coefficient (Wildman–Crippen LogP) is 1.36. The Morgan fingerprint density at radius 1 is 1.57 bits per heavy atom. The normalized spacial score (nSPS) is 9.86. The molecular formula is C8H9NO3S2. The molecule has 1 rings (SSSR count). The quantitative estimate of drug-likeness (QED) is 0.630. The highest BCUT2D eigenvalue weighted by Gasteiger charge is 2.17. The maximum absolute atomic E-state index is 11.1. The van der Waals surface area contributed by atoms with E-state index >= 15 is 0 Å². The second kappa shape index (κ2) is 4.47. The molecule has 0 atom stereocenters. The summed E-state index contributed by atoms with van der Waals surface area (Å²) < 4.78 is 5.27. The minimum atomic E-state index is -0.527. The van der Waals surface area contributed by atoms with Crippen molar-refractivity contribution in [2.24, 2.45) is 5.73 Å². The maximum atomic E-state index is 11.1. The van der Waals surface area contributed by atoms with Gasteiger partial charge in [0.25, 0.3) is 5.91 Å². The molecule has 14 heavy (non-hydrogen) atoms. The van der Waals surface area contributed by atoms with Crippen LogP contribution < -0.4 is 5.73 Å². The average molecular weight is 231 g/mol. The van der Waals surface area contributed by atoms with Gasteiger partial charge in [0, 0.05) is 0 Å². The average Bonchev–Trinajstić information content (AvgIpc) is 2.60. The molecule has 0 spiro atoms. The van der Waals surface area contributed by atoms with Crippen molar-refractivity contribution in [3.05, 3.63) is 16.5 Å². The molecule has 0 aliphatic heterocycles. The Morgan fingerprint density at radius 2 is 2.21 bits per heavy atom. The molecule has 6 heteroatoms. The van der Waals surface area contributed by atoms with Crippen LogP contribution in [0.5, 0.6) is 0 Å². The summed E-state index contributed by atoms with van der Waals surface area (Å²) in [6.45, 7) is 0. The van der Waals surface area contributed by atoms with Gasteiger partial charge in [-0.2, -0.15) is 0 Å². The maximum Gasteiger partial charge on any atom is 0.348 e. The summed E-state index contributed by atoms with van der Waals surface area (Å²) in [5.41, 5.74) is 5.53. The highest BCUT2D eigenvalue weighted by atomic mass is 32.2. The van der Waals surface area contributed by atoms with Crippen LogP contribution >= 0.6 is 23.1 Å². The number of esters is 1. The SMILES string of the molecule is COC(=O)c1cc(C(N)=O)c(SC)s1. The van der Waals surface area contributed by atoms with Crippen LogP contribution in [0.15, 0.2) is 10.3 Å². The first-order valence-corrected chi connectivity index (χ1v) is 5.70. The second-order valence-electron chi connectivity index (χ2n) is 2.37. The first kappa shape index (κ1) is 11.1. The highest BCUT2D eigenvalue weighted by molar-refractivity contribution is 8.00. The molecule has 1 heterocycles. The van der Waals surface area contributed by atoms with Gasteiger partial charge >= 0.3 is 5.97 Å². The molecular weight excluding hydrogens is 222 g/mol. The molecule has 0 radical (unpaired) electrons. The van der Waals surface area contributed by atoms with Crippen molar-refractivity contribution < 1.29 is 14.3 Å². The minimum absolute atomic E-state index is 0.378. The molecule has 0 fully saturated rings. The topological polar surface area (TPSA) is 69.4 Å². The molecule has 4 nitrogen and oxygen atoms in total. The van der Waals surface area contributed by atoms with E-state index in [9.17, 15) is 9.59 Å². The van der Waals surface area contributed by atoms with Gasteiger partial charge in [-0.25, -0.2) is 4.79 Å². The number of ether oxygens (including phenoxy) is 1. The first-order chi connectivity index (χ1) is 6.60. The van der Waals surface area contributed by atoms with E-state index in [1.807, 2.05) is 6.26 Å². The molecule has 0 saturated carbocycles. The lowest BCUT2D eigenvalue weighted by atomic mass is 10.3. The molecule has 1 aromatic heterocycles. The number of carbonyl (C=O) groups excluding carboxylic acids is 2. The van der Waals surface area contributed by atoms with E-state index in [-0.39, 0.29) is 0 Å². The van der Waals surface area contributed by atoms with Gasteiger partial charge in [0.1, 0.15) is 4.88 Å². The third-order valence-electron chi connectivity index (χ3n) is 1.54. The zero-order chi connectivity index (χ0) is 10.7. The fourth-order valence-electron chi connectivity index (χ4n) is 0.899. The number of thiophene rings is 1. The lowest BCUT2D eigenvalue weighted by Crippen LogP contribution is -2.10. The van der Waals surface area contributed by atoms with Gasteiger partial charge in [0.05, 0.1) is 16.9 Å². The number of carbonyl (C=O) groups is 2. The molecule has 76 valence electrons. The van der Waals surface area contributed by atoms with Gasteiger partial charge in [-0.3, -0.25) is 4.79 Å². The van der Waals surface area contributed by atoms with E-state index in [2.05, 4.69) is 4.74 Å². The molecule has 0 saturated heterocycles. The standard InChI is InChI=1S/C8H9NO3S2/c1-12-7(11)5-3-4(6(9)10)8(13-2)14-5/h3H,1-2H3,(H2,9,10). The number of hydrogen-bond acceptors (Lipinski definition) is 5. The lowest BCUT2D eigenvalue weighted by molar-refractivity contribution is 0.0606. The van der Waals surface area contributed by atoms with E-state index in [1.165, 1.54) is 36.3 Å². The predicted molar refractivity (Wildman–Crippen MR) is 56.0 cm³/mol. The van der Waals surface area contributed by atoms with Gasteiger partial charge in [-0.1, -0.05) is 0 Å². The fraction of sp³-hybridized carbons (Fsp3) is 0.250. The monoisotopic (exact) mass is 231 g/mol. The summed E-state index contributed by atoms with van der Waals surface area (Å²) in [5, 5.41) is 0. The molecule has 1 amide bonds. The molecule has 0 aliphatic rings. The van der Waals surface area contributed by atoms with Gasteiger partial charge in [-0.15, -0.1) is 23.1 Å². The fourth-order valence-corrected chi connectivity index (χ4v) is 2.69. The minimum Gasteiger partial charge on any atom is -0.465 e. The Hall–Kier alpha value is -1.01. The Balaban J connectivity index is 3.13. The first-order valence-electron chi connectivity index (χ1n) is 3.66. The smallest absolute Gasteiger partial charge is 0.348 e. The van der Waals surface area contributed by atoms with Crippen LogP contribution in [-0.4, -0.2) is 25.2 Å². The summed E-state index contributed by atoms with van der Waals surface area (Å²) in [6, 6.07) is 1.46. The van der Waals surface area contributed by atoms with Crippen LogP contribution in [-0.2, 0) is 4.74 Å². The number of nitrogens with two attached hydrogens (primary N) is 1. The lowest BCUT2D eigenvalue weighted by Gasteiger charge is -1.91. The van der Waals surface area contributed by atoms with Crippen molar-refractivity contribution >= 4 is 35.0 Å². The number of thioether (sulfide) groups is 1. The third-order valence-corrected chi connectivity index (χ3v) is 3.79. The van der Waals surface area contributed by atoms with Crippen molar-refractivity contribution in [2.75, 3.05) is 13.4 Å². The molecule has 2 N–H and O–H groups in total. The van der Waals surface area contributed by atoms with Gasteiger partial charge in [-0.05, 0) is 12.3 Å². The summed E-state index contributed by atoms with van der Waals surface area (Å²) in [4.78, 5) is 22.5. The van der Waals surface area contributed by atoms with Crippen molar-refractivity contribution in [3.63, 3.8) is 0 Å². The Bertz CT molecular complexity index is 373. The van der Waals surface area contributed by atoms with Crippen molar-refractivity contribution in [1.29, 1.82) is 0 Å². The van der Waals surface area contributed by atoms with Crippen molar-refractivity contribution in [3.8, 4) is 0 Å². The molecule has 1 aromatic rings.